The van der Waals surface area contributed by atoms with Crippen molar-refractivity contribution in [2.75, 3.05) is 30.0 Å². The first-order chi connectivity index (χ1) is 12.2. The minimum absolute atomic E-state index is 0.0338. The van der Waals surface area contributed by atoms with Crippen LogP contribution in [-0.2, 0) is 9.59 Å². The molecule has 0 saturated carbocycles. The zero-order valence-corrected chi connectivity index (χ0v) is 13.6. The second-order valence-electron chi connectivity index (χ2n) is 6.09. The number of carbonyl (C=O) groups is 2. The lowest BCUT2D eigenvalue weighted by Crippen LogP contribution is -2.28. The summed E-state index contributed by atoms with van der Waals surface area (Å²) in [4.78, 5) is 26.4. The van der Waals surface area contributed by atoms with Gasteiger partial charge in [-0.15, -0.1) is 0 Å². The molecule has 0 aromatic heterocycles. The van der Waals surface area contributed by atoms with E-state index >= 15 is 0 Å². The lowest BCUT2D eigenvalue weighted by atomic mass is 10.1. The molecule has 1 N–H and O–H groups in total. The number of anilines is 2. The zero-order valence-electron chi connectivity index (χ0n) is 13.6. The van der Waals surface area contributed by atoms with Crippen molar-refractivity contribution in [1.29, 1.82) is 0 Å². The number of fused-ring (bicyclic) bond motifs is 1. The maximum Gasteiger partial charge on any atom is 0.229 e. The van der Waals surface area contributed by atoms with Crippen molar-refractivity contribution in [2.24, 2.45) is 5.92 Å². The van der Waals surface area contributed by atoms with Crippen LogP contribution >= 0.6 is 0 Å². The van der Waals surface area contributed by atoms with Crippen LogP contribution in [-0.4, -0.2) is 31.6 Å². The molecule has 2 aromatic rings. The van der Waals surface area contributed by atoms with Crippen LogP contribution in [0.2, 0.25) is 0 Å². The maximum absolute atomic E-state index is 12.5. The van der Waals surface area contributed by atoms with Gasteiger partial charge in [0.15, 0.2) is 11.5 Å². The molecule has 128 valence electrons. The molecule has 2 aliphatic heterocycles. The van der Waals surface area contributed by atoms with E-state index in [0.29, 0.717) is 36.9 Å². The summed E-state index contributed by atoms with van der Waals surface area (Å²) in [6.07, 6.45) is 0.214. The van der Waals surface area contributed by atoms with Gasteiger partial charge in [0.05, 0.1) is 5.92 Å². The average Bonchev–Trinajstić information content (AvgIpc) is 3.04. The molecule has 2 amide bonds. The van der Waals surface area contributed by atoms with Crippen molar-refractivity contribution in [3.05, 3.63) is 48.5 Å². The number of ether oxygens (including phenoxy) is 2. The average molecular weight is 338 g/mol. The molecule has 6 heteroatoms. The van der Waals surface area contributed by atoms with Gasteiger partial charge >= 0.3 is 0 Å². The minimum Gasteiger partial charge on any atom is -0.486 e. The SMILES string of the molecule is O=C(Nc1ccc2c(c1)OCCO2)[C@H]1CC(=O)N(c2ccccc2)C1. The zero-order chi connectivity index (χ0) is 17.2. The van der Waals surface area contributed by atoms with Gasteiger partial charge in [0.25, 0.3) is 0 Å². The fourth-order valence-electron chi connectivity index (χ4n) is 3.11. The third kappa shape index (κ3) is 3.15. The Morgan fingerprint density at radius 1 is 1.04 bits per heavy atom. The Kier molecular flexibility index (Phi) is 4.01. The highest BCUT2D eigenvalue weighted by Gasteiger charge is 2.35. The van der Waals surface area contributed by atoms with Crippen molar-refractivity contribution in [2.45, 2.75) is 6.42 Å². The Balaban J connectivity index is 1.44. The number of hydrogen-bond acceptors (Lipinski definition) is 4. The number of nitrogens with zero attached hydrogens (tertiary/aromatic N) is 1. The van der Waals surface area contributed by atoms with Crippen molar-refractivity contribution in [3.63, 3.8) is 0 Å². The second kappa shape index (κ2) is 6.47. The van der Waals surface area contributed by atoms with Gasteiger partial charge in [-0.2, -0.15) is 0 Å². The molecule has 2 aliphatic rings. The number of benzene rings is 2. The van der Waals surface area contributed by atoms with Gasteiger partial charge in [-0.1, -0.05) is 18.2 Å². The van der Waals surface area contributed by atoms with Gasteiger partial charge in [-0.3, -0.25) is 9.59 Å². The molecule has 2 aromatic carbocycles. The van der Waals surface area contributed by atoms with Crippen molar-refractivity contribution in [1.82, 2.24) is 0 Å². The van der Waals surface area contributed by atoms with Crippen molar-refractivity contribution >= 4 is 23.2 Å². The Hall–Kier alpha value is -3.02. The molecule has 0 radical (unpaired) electrons. The minimum atomic E-state index is -0.374. The predicted molar refractivity (Wildman–Crippen MR) is 93.0 cm³/mol. The van der Waals surface area contributed by atoms with E-state index in [1.54, 1.807) is 23.1 Å². The van der Waals surface area contributed by atoms with E-state index in [1.807, 2.05) is 30.3 Å². The van der Waals surface area contributed by atoms with Crippen LogP contribution in [0.15, 0.2) is 48.5 Å². The van der Waals surface area contributed by atoms with Gasteiger partial charge < -0.3 is 19.7 Å². The van der Waals surface area contributed by atoms with Gasteiger partial charge in [-0.05, 0) is 24.3 Å². The number of amides is 2. The quantitative estimate of drug-likeness (QED) is 0.933. The Labute approximate surface area is 145 Å². The fraction of sp³-hybridized carbons (Fsp3) is 0.263. The van der Waals surface area contributed by atoms with Crippen LogP contribution in [0.3, 0.4) is 0 Å². The molecule has 4 rings (SSSR count). The molecular formula is C19H18N2O4. The highest BCUT2D eigenvalue weighted by molar-refractivity contribution is 6.03. The first-order valence-corrected chi connectivity index (χ1v) is 8.26. The van der Waals surface area contributed by atoms with Crippen LogP contribution in [0.25, 0.3) is 0 Å². The Morgan fingerprint density at radius 3 is 2.60 bits per heavy atom. The Bertz CT molecular complexity index is 806. The molecule has 2 heterocycles. The lowest BCUT2D eigenvalue weighted by molar-refractivity contribution is -0.122. The fourth-order valence-corrected chi connectivity index (χ4v) is 3.11. The summed E-state index contributed by atoms with van der Waals surface area (Å²) in [5.41, 5.74) is 1.46. The van der Waals surface area contributed by atoms with Crippen molar-refractivity contribution in [3.8, 4) is 11.5 Å². The van der Waals surface area contributed by atoms with Crippen LogP contribution in [0.1, 0.15) is 6.42 Å². The number of carbonyl (C=O) groups excluding carboxylic acids is 2. The van der Waals surface area contributed by atoms with Gasteiger partial charge in [0.1, 0.15) is 13.2 Å². The predicted octanol–water partition coefficient (Wildman–Crippen LogP) is 2.45. The van der Waals surface area contributed by atoms with Crippen molar-refractivity contribution < 1.29 is 19.1 Å². The van der Waals surface area contributed by atoms with E-state index in [9.17, 15) is 9.59 Å². The summed E-state index contributed by atoms with van der Waals surface area (Å²) in [6.45, 7) is 1.41. The van der Waals surface area contributed by atoms with Gasteiger partial charge in [-0.25, -0.2) is 0 Å². The topological polar surface area (TPSA) is 67.9 Å². The molecule has 1 atom stereocenters. The number of nitrogens with one attached hydrogen (secondary N) is 1. The molecule has 0 aliphatic carbocycles. The van der Waals surface area contributed by atoms with E-state index in [2.05, 4.69) is 5.32 Å². The smallest absolute Gasteiger partial charge is 0.229 e. The summed E-state index contributed by atoms with van der Waals surface area (Å²) in [5.74, 6) is 0.728. The number of hydrogen-bond donors (Lipinski definition) is 1. The first-order valence-electron chi connectivity index (χ1n) is 8.26. The van der Waals surface area contributed by atoms with Crippen LogP contribution in [0, 0.1) is 5.92 Å². The second-order valence-corrected chi connectivity index (χ2v) is 6.09. The van der Waals surface area contributed by atoms with E-state index in [-0.39, 0.29) is 24.2 Å². The van der Waals surface area contributed by atoms with Crippen LogP contribution < -0.4 is 19.7 Å². The molecule has 0 unspecified atom stereocenters. The molecule has 0 bridgehead atoms. The summed E-state index contributed by atoms with van der Waals surface area (Å²) >= 11 is 0. The monoisotopic (exact) mass is 338 g/mol. The Morgan fingerprint density at radius 2 is 1.80 bits per heavy atom. The normalized spacial score (nSPS) is 19.0. The highest BCUT2D eigenvalue weighted by atomic mass is 16.6. The highest BCUT2D eigenvalue weighted by Crippen LogP contribution is 2.33. The lowest BCUT2D eigenvalue weighted by Gasteiger charge is -2.19. The summed E-state index contributed by atoms with van der Waals surface area (Å²) < 4.78 is 11.0. The summed E-state index contributed by atoms with van der Waals surface area (Å²) in [6, 6.07) is 14.7. The van der Waals surface area contributed by atoms with E-state index < -0.39 is 0 Å². The molecule has 6 nitrogen and oxygen atoms in total. The summed E-state index contributed by atoms with van der Waals surface area (Å²) in [5, 5.41) is 2.87. The number of para-hydroxylation sites is 1. The van der Waals surface area contributed by atoms with E-state index in [1.165, 1.54) is 0 Å². The third-order valence-electron chi connectivity index (χ3n) is 4.37. The molecule has 1 fully saturated rings. The van der Waals surface area contributed by atoms with Gasteiger partial charge in [0, 0.05) is 30.4 Å². The molecule has 0 spiro atoms. The maximum atomic E-state index is 12.5. The van der Waals surface area contributed by atoms with Crippen LogP contribution in [0.5, 0.6) is 11.5 Å². The first kappa shape index (κ1) is 15.5. The van der Waals surface area contributed by atoms with Crippen LogP contribution in [0.4, 0.5) is 11.4 Å². The largest absolute Gasteiger partial charge is 0.486 e. The summed E-state index contributed by atoms with van der Waals surface area (Å²) in [7, 11) is 0. The standard InChI is InChI=1S/C19H18N2O4/c22-18-10-13(12-21(18)15-4-2-1-3-5-15)19(23)20-14-6-7-16-17(11-14)25-9-8-24-16/h1-7,11,13H,8-10,12H2,(H,20,23)/t13-/m0/s1. The third-order valence-corrected chi connectivity index (χ3v) is 4.37. The molecule has 1 saturated heterocycles. The molecule has 25 heavy (non-hydrogen) atoms. The van der Waals surface area contributed by atoms with E-state index in [4.69, 9.17) is 9.47 Å². The van der Waals surface area contributed by atoms with Gasteiger partial charge in [0.2, 0.25) is 11.8 Å². The van der Waals surface area contributed by atoms with E-state index in [0.717, 1.165) is 5.69 Å². The molecular weight excluding hydrogens is 320 g/mol. The number of rotatable bonds is 3.